The van der Waals surface area contributed by atoms with Crippen molar-refractivity contribution in [3.8, 4) is 0 Å². The number of rotatable bonds is 7. The van der Waals surface area contributed by atoms with Gasteiger partial charge in [-0.05, 0) is 42.5 Å². The van der Waals surface area contributed by atoms with Crippen LogP contribution >= 0.6 is 0 Å². The second-order valence-electron chi connectivity index (χ2n) is 6.47. The Hall–Kier alpha value is -1.36. The average Bonchev–Trinajstić information content (AvgIpc) is 2.96. The first-order chi connectivity index (χ1) is 11.3. The van der Waals surface area contributed by atoms with Crippen LogP contribution in [-0.4, -0.2) is 53.9 Å². The number of nitrogens with one attached hydrogen (secondary N) is 1. The molecule has 0 unspecified atom stereocenters. The summed E-state index contributed by atoms with van der Waals surface area (Å²) < 4.78 is 2.32. The van der Waals surface area contributed by atoms with Crippen molar-refractivity contribution in [2.24, 2.45) is 0 Å². The molecule has 1 aromatic heterocycles. The van der Waals surface area contributed by atoms with Crippen LogP contribution in [0, 0.1) is 0 Å². The number of hydrogen-bond acceptors (Lipinski definition) is 3. The van der Waals surface area contributed by atoms with Gasteiger partial charge in [0.2, 0.25) is 0 Å². The van der Waals surface area contributed by atoms with E-state index in [0.717, 1.165) is 58.5 Å². The highest BCUT2D eigenvalue weighted by atomic mass is 16.3. The molecule has 2 N–H and O–H groups in total. The normalized spacial score (nSPS) is 16.3. The van der Waals surface area contributed by atoms with Gasteiger partial charge >= 0.3 is 0 Å². The van der Waals surface area contributed by atoms with E-state index in [9.17, 15) is 0 Å². The quantitative estimate of drug-likeness (QED) is 0.821. The number of fused-ring (bicyclic) bond motifs is 1. The van der Waals surface area contributed by atoms with E-state index in [1.165, 1.54) is 22.0 Å². The Kier molecular flexibility index (Phi) is 5.70. The van der Waals surface area contributed by atoms with Gasteiger partial charge < -0.3 is 19.9 Å². The molecule has 1 aliphatic rings. The van der Waals surface area contributed by atoms with Gasteiger partial charge in [-0.3, -0.25) is 0 Å². The van der Waals surface area contributed by atoms with E-state index < -0.39 is 0 Å². The molecule has 4 nitrogen and oxygen atoms in total. The van der Waals surface area contributed by atoms with Gasteiger partial charge in [-0.15, -0.1) is 0 Å². The highest BCUT2D eigenvalue weighted by Crippen LogP contribution is 2.24. The fourth-order valence-electron chi connectivity index (χ4n) is 3.48. The van der Waals surface area contributed by atoms with Crippen LogP contribution < -0.4 is 5.32 Å². The molecule has 2 heterocycles. The summed E-state index contributed by atoms with van der Waals surface area (Å²) in [6.45, 7) is 9.03. The second kappa shape index (κ2) is 7.95. The highest BCUT2D eigenvalue weighted by Gasteiger charge is 2.13. The molecule has 0 spiro atoms. The molecule has 0 aliphatic carbocycles. The van der Waals surface area contributed by atoms with Crippen LogP contribution in [0.4, 0.5) is 0 Å². The van der Waals surface area contributed by atoms with Crippen LogP contribution in [0.15, 0.2) is 24.4 Å². The number of aliphatic hydroxyl groups excluding tert-OH is 1. The van der Waals surface area contributed by atoms with Gasteiger partial charge in [0.15, 0.2) is 0 Å². The molecule has 0 atom stereocenters. The summed E-state index contributed by atoms with van der Waals surface area (Å²) in [5, 5.41) is 14.0. The largest absolute Gasteiger partial charge is 0.396 e. The maximum atomic E-state index is 9.14. The lowest BCUT2D eigenvalue weighted by molar-refractivity contribution is 0.244. The molecule has 3 rings (SSSR count). The van der Waals surface area contributed by atoms with E-state index in [4.69, 9.17) is 5.11 Å². The number of nitrogens with zero attached hydrogens (tertiary/aromatic N) is 2. The van der Waals surface area contributed by atoms with Crippen molar-refractivity contribution >= 4 is 10.9 Å². The number of hydrogen-bond donors (Lipinski definition) is 2. The van der Waals surface area contributed by atoms with Gasteiger partial charge in [0.25, 0.3) is 0 Å². The summed E-state index contributed by atoms with van der Waals surface area (Å²) in [4.78, 5) is 2.55. The molecular formula is C19H29N3O. The van der Waals surface area contributed by atoms with Crippen LogP contribution in [-0.2, 0) is 19.4 Å². The zero-order valence-corrected chi connectivity index (χ0v) is 14.2. The number of piperazine rings is 1. The fraction of sp³-hybridized carbons (Fsp3) is 0.579. The molecule has 1 aromatic carbocycles. The van der Waals surface area contributed by atoms with E-state index in [2.05, 4.69) is 46.1 Å². The van der Waals surface area contributed by atoms with E-state index in [1.54, 1.807) is 0 Å². The van der Waals surface area contributed by atoms with Crippen LogP contribution in [0.3, 0.4) is 0 Å². The van der Waals surface area contributed by atoms with Crippen molar-refractivity contribution < 1.29 is 5.11 Å². The molecule has 0 amide bonds. The number of aromatic nitrogens is 1. The number of aryl methyl sites for hydroxylation is 2. The van der Waals surface area contributed by atoms with Crippen molar-refractivity contribution in [3.05, 3.63) is 35.5 Å². The zero-order chi connectivity index (χ0) is 16.1. The van der Waals surface area contributed by atoms with Crippen molar-refractivity contribution in [1.82, 2.24) is 14.8 Å². The topological polar surface area (TPSA) is 40.4 Å². The van der Waals surface area contributed by atoms with E-state index in [-0.39, 0.29) is 6.61 Å². The maximum Gasteiger partial charge on any atom is 0.0483 e. The van der Waals surface area contributed by atoms with Gasteiger partial charge in [-0.2, -0.15) is 0 Å². The van der Waals surface area contributed by atoms with Crippen molar-refractivity contribution in [2.75, 3.05) is 39.3 Å². The summed E-state index contributed by atoms with van der Waals surface area (Å²) in [6.07, 6.45) is 5.31. The third-order valence-corrected chi connectivity index (χ3v) is 4.90. The zero-order valence-electron chi connectivity index (χ0n) is 14.2. The first-order valence-electron chi connectivity index (χ1n) is 8.96. The van der Waals surface area contributed by atoms with Crippen LogP contribution in [0.5, 0.6) is 0 Å². The Morgan fingerprint density at radius 2 is 2.00 bits per heavy atom. The minimum atomic E-state index is 0.253. The van der Waals surface area contributed by atoms with Crippen LogP contribution in [0.25, 0.3) is 10.9 Å². The average molecular weight is 315 g/mol. The van der Waals surface area contributed by atoms with Gasteiger partial charge in [0, 0.05) is 63.0 Å². The number of aliphatic hydroxyl groups is 1. The summed E-state index contributed by atoms with van der Waals surface area (Å²) in [6, 6.07) is 6.84. The van der Waals surface area contributed by atoms with Gasteiger partial charge in [0.1, 0.15) is 0 Å². The Morgan fingerprint density at radius 1 is 1.17 bits per heavy atom. The van der Waals surface area contributed by atoms with E-state index in [0.29, 0.717) is 0 Å². The summed E-state index contributed by atoms with van der Waals surface area (Å²) >= 11 is 0. The molecule has 1 aliphatic heterocycles. The maximum absolute atomic E-state index is 9.14. The monoisotopic (exact) mass is 315 g/mol. The summed E-state index contributed by atoms with van der Waals surface area (Å²) in [5.41, 5.74) is 4.17. The predicted octanol–water partition coefficient (Wildman–Crippen LogP) is 2.03. The molecule has 4 heteroatoms. The molecule has 1 saturated heterocycles. The molecule has 0 radical (unpaired) electrons. The summed E-state index contributed by atoms with van der Waals surface area (Å²) in [5.74, 6) is 0. The second-order valence-corrected chi connectivity index (χ2v) is 6.47. The van der Waals surface area contributed by atoms with Gasteiger partial charge in [-0.25, -0.2) is 0 Å². The highest BCUT2D eigenvalue weighted by molar-refractivity contribution is 5.84. The molecular weight excluding hydrogens is 286 g/mol. The minimum absolute atomic E-state index is 0.253. The molecule has 23 heavy (non-hydrogen) atoms. The standard InChI is InChI=1S/C19H29N3O/c1-2-16-4-5-19-18(14-16)17(15-22(19)9-3-13-23)6-10-21-11-7-20-8-12-21/h4-5,14-15,20,23H,2-3,6-13H2,1H3. The van der Waals surface area contributed by atoms with Crippen LogP contribution in [0.1, 0.15) is 24.5 Å². The number of benzene rings is 1. The Bertz CT molecular complexity index is 629. The first-order valence-corrected chi connectivity index (χ1v) is 8.96. The lowest BCUT2D eigenvalue weighted by Crippen LogP contribution is -2.44. The van der Waals surface area contributed by atoms with Crippen molar-refractivity contribution in [3.63, 3.8) is 0 Å². The Morgan fingerprint density at radius 3 is 2.74 bits per heavy atom. The van der Waals surface area contributed by atoms with Crippen molar-refractivity contribution in [2.45, 2.75) is 32.7 Å². The fourth-order valence-corrected chi connectivity index (χ4v) is 3.48. The molecule has 0 bridgehead atoms. The smallest absolute Gasteiger partial charge is 0.0483 e. The molecule has 1 fully saturated rings. The van der Waals surface area contributed by atoms with Crippen LogP contribution in [0.2, 0.25) is 0 Å². The lowest BCUT2D eigenvalue weighted by atomic mass is 10.1. The van der Waals surface area contributed by atoms with Crippen molar-refractivity contribution in [1.29, 1.82) is 0 Å². The predicted molar refractivity (Wildman–Crippen MR) is 96.0 cm³/mol. The third kappa shape index (κ3) is 3.94. The van der Waals surface area contributed by atoms with E-state index >= 15 is 0 Å². The SMILES string of the molecule is CCc1ccc2c(c1)c(CCN1CCNCC1)cn2CCCO. The van der Waals surface area contributed by atoms with Gasteiger partial charge in [0.05, 0.1) is 0 Å². The molecule has 2 aromatic rings. The van der Waals surface area contributed by atoms with Gasteiger partial charge in [-0.1, -0.05) is 13.0 Å². The minimum Gasteiger partial charge on any atom is -0.396 e. The Balaban J connectivity index is 1.81. The Labute approximate surface area is 139 Å². The third-order valence-electron chi connectivity index (χ3n) is 4.90. The molecule has 0 saturated carbocycles. The van der Waals surface area contributed by atoms with E-state index in [1.807, 2.05) is 0 Å². The molecule has 126 valence electrons. The summed E-state index contributed by atoms with van der Waals surface area (Å²) in [7, 11) is 0. The first kappa shape index (κ1) is 16.5. The lowest BCUT2D eigenvalue weighted by Gasteiger charge is -2.26.